The number of methoxy groups -OCH3 is 1. The summed E-state index contributed by atoms with van der Waals surface area (Å²) < 4.78 is 20.2. The van der Waals surface area contributed by atoms with Crippen molar-refractivity contribution in [2.45, 2.75) is 6.04 Å². The summed E-state index contributed by atoms with van der Waals surface area (Å²) >= 11 is 6.07. The van der Waals surface area contributed by atoms with E-state index in [1.54, 1.807) is 23.9 Å². The van der Waals surface area contributed by atoms with Crippen molar-refractivity contribution in [3.63, 3.8) is 0 Å². The van der Waals surface area contributed by atoms with Gasteiger partial charge < -0.3 is 4.74 Å². The van der Waals surface area contributed by atoms with Gasteiger partial charge in [0, 0.05) is 7.05 Å². The van der Waals surface area contributed by atoms with Crippen LogP contribution in [0.15, 0.2) is 24.4 Å². The summed E-state index contributed by atoms with van der Waals surface area (Å²) in [6.45, 7) is 0. The van der Waals surface area contributed by atoms with Crippen molar-refractivity contribution in [1.29, 1.82) is 0 Å². The van der Waals surface area contributed by atoms with Crippen molar-refractivity contribution < 1.29 is 9.13 Å². The quantitative estimate of drug-likeness (QED) is 0.663. The van der Waals surface area contributed by atoms with Gasteiger partial charge in [-0.25, -0.2) is 9.82 Å². The molecule has 0 radical (unpaired) electrons. The molecule has 2 aromatic rings. The van der Waals surface area contributed by atoms with E-state index in [9.17, 15) is 4.39 Å². The monoisotopic (exact) mass is 284 g/mol. The smallest absolute Gasteiger partial charge is 0.165 e. The second-order valence-electron chi connectivity index (χ2n) is 4.00. The Morgan fingerprint density at radius 1 is 1.53 bits per heavy atom. The highest BCUT2D eigenvalue weighted by Crippen LogP contribution is 2.29. The molecule has 0 aliphatic carbocycles. The van der Waals surface area contributed by atoms with E-state index in [4.69, 9.17) is 22.2 Å². The van der Waals surface area contributed by atoms with E-state index < -0.39 is 11.9 Å². The topological polar surface area (TPSA) is 65.1 Å². The number of nitrogens with zero attached hydrogens (tertiary/aromatic N) is 2. The first-order chi connectivity index (χ1) is 9.08. The molecule has 0 spiro atoms. The normalized spacial score (nSPS) is 12.5. The van der Waals surface area contributed by atoms with Crippen molar-refractivity contribution in [1.82, 2.24) is 15.2 Å². The molecule has 0 saturated carbocycles. The van der Waals surface area contributed by atoms with Crippen molar-refractivity contribution in [2.75, 3.05) is 7.11 Å². The number of nitrogens with two attached hydrogens (primary N) is 1. The fourth-order valence-electron chi connectivity index (χ4n) is 1.94. The van der Waals surface area contributed by atoms with Crippen LogP contribution < -0.4 is 16.0 Å². The van der Waals surface area contributed by atoms with E-state index >= 15 is 0 Å². The largest absolute Gasteiger partial charge is 0.494 e. The molecular formula is C12H14ClFN4O. The molecule has 5 nitrogen and oxygen atoms in total. The number of aryl methyl sites for hydroxylation is 1. The molecule has 1 heterocycles. The van der Waals surface area contributed by atoms with Gasteiger partial charge in [0.2, 0.25) is 0 Å². The third-order valence-corrected chi connectivity index (χ3v) is 3.18. The molecule has 0 bridgehead atoms. The second-order valence-corrected chi connectivity index (χ2v) is 4.40. The van der Waals surface area contributed by atoms with E-state index in [-0.39, 0.29) is 5.75 Å². The Hall–Kier alpha value is -1.63. The lowest BCUT2D eigenvalue weighted by atomic mass is 10.0. The first-order valence-electron chi connectivity index (χ1n) is 5.55. The van der Waals surface area contributed by atoms with Gasteiger partial charge in [-0.05, 0) is 17.7 Å². The van der Waals surface area contributed by atoms with Crippen LogP contribution in [0, 0.1) is 5.82 Å². The first kappa shape index (κ1) is 13.8. The summed E-state index contributed by atoms with van der Waals surface area (Å²) in [5, 5.41) is 4.50. The summed E-state index contributed by atoms with van der Waals surface area (Å²) in [6, 6.07) is 4.15. The number of hydrogen-bond donors (Lipinski definition) is 2. The zero-order chi connectivity index (χ0) is 14.0. The Morgan fingerprint density at radius 2 is 2.26 bits per heavy atom. The highest BCUT2D eigenvalue weighted by atomic mass is 35.5. The number of halogens is 2. The van der Waals surface area contributed by atoms with Crippen molar-refractivity contribution >= 4 is 11.6 Å². The maximum absolute atomic E-state index is 13.7. The molecule has 7 heteroatoms. The summed E-state index contributed by atoms with van der Waals surface area (Å²) in [4.78, 5) is 0. The number of hydrazine groups is 1. The van der Waals surface area contributed by atoms with Crippen LogP contribution in [-0.4, -0.2) is 16.9 Å². The van der Waals surface area contributed by atoms with Crippen LogP contribution in [0.3, 0.4) is 0 Å². The lowest BCUT2D eigenvalue weighted by molar-refractivity contribution is 0.385. The lowest BCUT2D eigenvalue weighted by Gasteiger charge is -2.18. The van der Waals surface area contributed by atoms with Crippen LogP contribution in [-0.2, 0) is 7.05 Å². The summed E-state index contributed by atoms with van der Waals surface area (Å²) in [7, 11) is 3.15. The molecule has 0 saturated heterocycles. The molecule has 2 rings (SSSR count). The van der Waals surface area contributed by atoms with Crippen LogP contribution in [0.2, 0.25) is 5.02 Å². The molecule has 1 atom stereocenters. The molecule has 0 aliphatic heterocycles. The Labute approximate surface area is 115 Å². The number of aromatic nitrogens is 2. The van der Waals surface area contributed by atoms with Crippen LogP contribution in [0.25, 0.3) is 0 Å². The van der Waals surface area contributed by atoms with Gasteiger partial charge in [-0.3, -0.25) is 10.5 Å². The van der Waals surface area contributed by atoms with Gasteiger partial charge in [0.25, 0.3) is 0 Å². The molecule has 0 fully saturated rings. The predicted molar refractivity (Wildman–Crippen MR) is 70.3 cm³/mol. The van der Waals surface area contributed by atoms with Crippen molar-refractivity contribution in [3.8, 4) is 5.75 Å². The van der Waals surface area contributed by atoms with Crippen LogP contribution in [0.5, 0.6) is 5.75 Å². The molecule has 19 heavy (non-hydrogen) atoms. The average molecular weight is 285 g/mol. The fraction of sp³-hybridized carbons (Fsp3) is 0.250. The first-order valence-corrected chi connectivity index (χ1v) is 5.93. The molecular weight excluding hydrogens is 271 g/mol. The minimum absolute atomic E-state index is 0.177. The summed E-state index contributed by atoms with van der Waals surface area (Å²) in [5.74, 6) is 5.27. The molecule has 1 aromatic heterocycles. The van der Waals surface area contributed by atoms with Gasteiger partial charge in [-0.1, -0.05) is 17.7 Å². The Kier molecular flexibility index (Phi) is 4.04. The van der Waals surface area contributed by atoms with Crippen molar-refractivity contribution in [2.24, 2.45) is 12.9 Å². The van der Waals surface area contributed by atoms with Gasteiger partial charge in [0.05, 0.1) is 30.1 Å². The third kappa shape index (κ3) is 2.56. The van der Waals surface area contributed by atoms with Gasteiger partial charge >= 0.3 is 0 Å². The maximum Gasteiger partial charge on any atom is 0.165 e. The molecule has 0 amide bonds. The van der Waals surface area contributed by atoms with Gasteiger partial charge in [0.15, 0.2) is 11.6 Å². The molecule has 1 unspecified atom stereocenters. The SMILES string of the molecule is COc1ccc(C(NN)c2c(Cl)cnn2C)cc1F. The minimum atomic E-state index is -0.460. The standard InChI is InChI=1S/C12H14ClFN4O/c1-18-12(8(13)6-16-18)11(17-15)7-3-4-10(19-2)9(14)5-7/h3-6,11,17H,15H2,1-2H3. The highest BCUT2D eigenvalue weighted by Gasteiger charge is 2.21. The second kappa shape index (κ2) is 5.56. The van der Waals surface area contributed by atoms with Crippen molar-refractivity contribution in [3.05, 3.63) is 46.5 Å². The van der Waals surface area contributed by atoms with E-state index in [1.807, 2.05) is 0 Å². The number of hydrogen-bond acceptors (Lipinski definition) is 4. The fourth-order valence-corrected chi connectivity index (χ4v) is 2.22. The minimum Gasteiger partial charge on any atom is -0.494 e. The number of benzene rings is 1. The highest BCUT2D eigenvalue weighted by molar-refractivity contribution is 6.31. The van der Waals surface area contributed by atoms with E-state index in [0.29, 0.717) is 16.3 Å². The maximum atomic E-state index is 13.7. The van der Waals surface area contributed by atoms with E-state index in [1.165, 1.54) is 19.4 Å². The van der Waals surface area contributed by atoms with E-state index in [2.05, 4.69) is 10.5 Å². The average Bonchev–Trinajstić information content (AvgIpc) is 2.72. The Morgan fingerprint density at radius 3 is 2.74 bits per heavy atom. The molecule has 1 aromatic carbocycles. The Bertz CT molecular complexity index is 568. The van der Waals surface area contributed by atoms with Crippen LogP contribution in [0.1, 0.15) is 17.3 Å². The number of ether oxygens (including phenoxy) is 1. The zero-order valence-electron chi connectivity index (χ0n) is 10.5. The summed E-state index contributed by atoms with van der Waals surface area (Å²) in [6.07, 6.45) is 1.51. The Balaban J connectivity index is 2.46. The van der Waals surface area contributed by atoms with Gasteiger partial charge in [-0.15, -0.1) is 0 Å². The van der Waals surface area contributed by atoms with Crippen LogP contribution in [0.4, 0.5) is 4.39 Å². The predicted octanol–water partition coefficient (Wildman–Crippen LogP) is 1.77. The third-order valence-electron chi connectivity index (χ3n) is 2.89. The summed E-state index contributed by atoms with van der Waals surface area (Å²) in [5.41, 5.74) is 3.91. The number of rotatable bonds is 4. The van der Waals surface area contributed by atoms with E-state index in [0.717, 1.165) is 0 Å². The van der Waals surface area contributed by atoms with Gasteiger partial charge in [0.1, 0.15) is 0 Å². The van der Waals surface area contributed by atoms with Gasteiger partial charge in [-0.2, -0.15) is 5.10 Å². The lowest BCUT2D eigenvalue weighted by Crippen LogP contribution is -2.30. The molecule has 0 aliphatic rings. The zero-order valence-corrected chi connectivity index (χ0v) is 11.3. The number of nitrogens with one attached hydrogen (secondary N) is 1. The molecule has 102 valence electrons. The van der Waals surface area contributed by atoms with Crippen LogP contribution >= 0.6 is 11.6 Å². The molecule has 3 N–H and O–H groups in total.